The monoisotopic (exact) mass is 474 g/mol. The lowest BCUT2D eigenvalue weighted by Crippen LogP contribution is -2.23. The van der Waals surface area contributed by atoms with Crippen LogP contribution < -0.4 is 15.0 Å². The second kappa shape index (κ2) is 9.72. The van der Waals surface area contributed by atoms with Crippen LogP contribution >= 0.6 is 12.2 Å². The van der Waals surface area contributed by atoms with E-state index in [9.17, 15) is 9.90 Å². The van der Waals surface area contributed by atoms with Crippen molar-refractivity contribution in [3.05, 3.63) is 93.5 Å². The fourth-order valence-electron chi connectivity index (χ4n) is 3.44. The number of hydrogen-bond acceptors (Lipinski definition) is 7. The molecule has 8 nitrogen and oxygen atoms in total. The minimum Gasteiger partial charge on any atom is -0.497 e. The number of methoxy groups -OCH3 is 2. The molecule has 0 spiro atoms. The maximum atomic E-state index is 13.5. The third-order valence-electron chi connectivity index (χ3n) is 5.24. The van der Waals surface area contributed by atoms with E-state index in [1.54, 1.807) is 61.7 Å². The molecule has 0 atom stereocenters. The van der Waals surface area contributed by atoms with Crippen LogP contribution in [0, 0.1) is 11.7 Å². The van der Waals surface area contributed by atoms with Crippen molar-refractivity contribution in [3.8, 4) is 28.8 Å². The Hall–Kier alpha value is -4.24. The van der Waals surface area contributed by atoms with E-state index in [0.29, 0.717) is 28.6 Å². The van der Waals surface area contributed by atoms with Crippen LogP contribution in [-0.4, -0.2) is 28.5 Å². The molecule has 0 saturated heterocycles. The SMILES string of the molecule is COc1ccc(-n2c(=O)c(N=Nc3ccccc3C)c(O)n(-c3ccccc3OC)c2=S)cc1. The molecule has 3 aromatic carbocycles. The Bertz CT molecular complexity index is 1490. The number of aromatic nitrogens is 2. The summed E-state index contributed by atoms with van der Waals surface area (Å²) in [4.78, 5) is 13.5. The fraction of sp³-hybridized carbons (Fsp3) is 0.120. The van der Waals surface area contributed by atoms with Gasteiger partial charge in [0.1, 0.15) is 11.5 Å². The summed E-state index contributed by atoms with van der Waals surface area (Å²) in [6.07, 6.45) is 0. The number of ether oxygens (including phenoxy) is 2. The summed E-state index contributed by atoms with van der Waals surface area (Å²) in [5.41, 5.74) is 1.49. The first-order chi connectivity index (χ1) is 16.5. The number of benzene rings is 3. The van der Waals surface area contributed by atoms with Crippen LogP contribution in [0.1, 0.15) is 5.56 Å². The second-order valence-corrected chi connectivity index (χ2v) is 7.65. The lowest BCUT2D eigenvalue weighted by Gasteiger charge is -2.17. The van der Waals surface area contributed by atoms with Crippen molar-refractivity contribution in [2.24, 2.45) is 10.2 Å². The largest absolute Gasteiger partial charge is 0.497 e. The molecule has 0 aliphatic rings. The normalized spacial score (nSPS) is 11.0. The van der Waals surface area contributed by atoms with Crippen LogP contribution in [0.25, 0.3) is 11.4 Å². The summed E-state index contributed by atoms with van der Waals surface area (Å²) in [6.45, 7) is 1.88. The zero-order valence-electron chi connectivity index (χ0n) is 18.8. The minimum absolute atomic E-state index is 0.0343. The second-order valence-electron chi connectivity index (χ2n) is 7.29. The van der Waals surface area contributed by atoms with Crippen LogP contribution in [0.15, 0.2) is 87.8 Å². The zero-order chi connectivity index (χ0) is 24.2. The van der Waals surface area contributed by atoms with Gasteiger partial charge in [-0.15, -0.1) is 10.2 Å². The molecule has 0 radical (unpaired) electrons. The molecule has 0 aliphatic heterocycles. The molecule has 1 heterocycles. The van der Waals surface area contributed by atoms with Gasteiger partial charge >= 0.3 is 0 Å². The molecule has 0 saturated carbocycles. The maximum absolute atomic E-state index is 13.5. The number of nitrogens with zero attached hydrogens (tertiary/aromatic N) is 4. The summed E-state index contributed by atoms with van der Waals surface area (Å²) in [5.74, 6) is 0.635. The average molecular weight is 475 g/mol. The van der Waals surface area contributed by atoms with Crippen LogP contribution in [0.5, 0.6) is 17.4 Å². The highest BCUT2D eigenvalue weighted by atomic mass is 32.1. The molecule has 0 unspecified atom stereocenters. The molecule has 0 fully saturated rings. The third-order valence-corrected chi connectivity index (χ3v) is 5.61. The van der Waals surface area contributed by atoms with Crippen molar-refractivity contribution in [1.82, 2.24) is 9.13 Å². The molecule has 4 rings (SSSR count). The van der Waals surface area contributed by atoms with Crippen molar-refractivity contribution in [3.63, 3.8) is 0 Å². The molecule has 0 amide bonds. The average Bonchev–Trinajstić information content (AvgIpc) is 2.85. The van der Waals surface area contributed by atoms with Gasteiger partial charge in [0.25, 0.3) is 5.56 Å². The first-order valence-electron chi connectivity index (χ1n) is 10.3. The molecule has 172 valence electrons. The van der Waals surface area contributed by atoms with Crippen LogP contribution in [0.2, 0.25) is 0 Å². The van der Waals surface area contributed by atoms with E-state index in [0.717, 1.165) is 5.56 Å². The van der Waals surface area contributed by atoms with Gasteiger partial charge in [-0.3, -0.25) is 13.9 Å². The molecule has 4 aromatic rings. The molecular formula is C25H22N4O4S. The zero-order valence-corrected chi connectivity index (χ0v) is 19.6. The van der Waals surface area contributed by atoms with Crippen LogP contribution in [0.3, 0.4) is 0 Å². The first-order valence-corrected chi connectivity index (χ1v) is 10.7. The number of aromatic hydroxyl groups is 1. The van der Waals surface area contributed by atoms with Gasteiger partial charge in [-0.25, -0.2) is 0 Å². The van der Waals surface area contributed by atoms with Crippen LogP contribution in [-0.2, 0) is 0 Å². The molecule has 9 heteroatoms. The fourth-order valence-corrected chi connectivity index (χ4v) is 3.82. The molecule has 1 N–H and O–H groups in total. The molecule has 1 aromatic heterocycles. The quantitative estimate of drug-likeness (QED) is 0.282. The van der Waals surface area contributed by atoms with Crippen molar-refractivity contribution < 1.29 is 14.6 Å². The summed E-state index contributed by atoms with van der Waals surface area (Å²) in [6, 6.07) is 21.2. The van der Waals surface area contributed by atoms with E-state index >= 15 is 0 Å². The first kappa shape index (κ1) is 22.9. The Labute approximate surface area is 201 Å². The maximum Gasteiger partial charge on any atom is 0.290 e. The van der Waals surface area contributed by atoms with E-state index in [1.807, 2.05) is 25.1 Å². The van der Waals surface area contributed by atoms with Crippen LogP contribution in [0.4, 0.5) is 11.4 Å². The van der Waals surface area contributed by atoms with Gasteiger partial charge in [-0.05, 0) is 67.2 Å². The van der Waals surface area contributed by atoms with Crippen molar-refractivity contribution in [2.45, 2.75) is 6.92 Å². The molecule has 0 bridgehead atoms. The smallest absolute Gasteiger partial charge is 0.290 e. The van der Waals surface area contributed by atoms with Gasteiger partial charge in [0, 0.05) is 0 Å². The van der Waals surface area contributed by atoms with Crippen molar-refractivity contribution in [1.29, 1.82) is 0 Å². The Morgan fingerprint density at radius 1 is 0.853 bits per heavy atom. The van der Waals surface area contributed by atoms with Gasteiger partial charge in [0.05, 0.1) is 31.3 Å². The molecule has 34 heavy (non-hydrogen) atoms. The third kappa shape index (κ3) is 4.20. The van der Waals surface area contributed by atoms with Gasteiger partial charge in [0.2, 0.25) is 11.6 Å². The van der Waals surface area contributed by atoms with E-state index in [2.05, 4.69) is 10.2 Å². The van der Waals surface area contributed by atoms with E-state index in [1.165, 1.54) is 16.2 Å². The highest BCUT2D eigenvalue weighted by Crippen LogP contribution is 2.33. The summed E-state index contributed by atoms with van der Waals surface area (Å²) >= 11 is 5.66. The Morgan fingerprint density at radius 3 is 2.21 bits per heavy atom. The Balaban J connectivity index is 2.03. The predicted octanol–water partition coefficient (Wildman–Crippen LogP) is 5.80. The highest BCUT2D eigenvalue weighted by Gasteiger charge is 2.21. The summed E-state index contributed by atoms with van der Waals surface area (Å²) in [7, 11) is 3.07. The number of hydrogen-bond donors (Lipinski definition) is 1. The van der Waals surface area contributed by atoms with E-state index in [-0.39, 0.29) is 10.5 Å². The standard InChI is InChI=1S/C25H22N4O4S/c1-16-8-4-5-9-19(16)26-27-22-23(30)28(17-12-14-18(32-2)15-13-17)25(34)29(24(22)31)20-10-6-7-11-21(20)33-3/h4-15,31H,1-3H3. The Morgan fingerprint density at radius 2 is 1.53 bits per heavy atom. The predicted molar refractivity (Wildman–Crippen MR) is 132 cm³/mol. The van der Waals surface area contributed by atoms with Crippen molar-refractivity contribution >= 4 is 23.6 Å². The number of para-hydroxylation sites is 2. The summed E-state index contributed by atoms with van der Waals surface area (Å²) < 4.78 is 13.3. The Kier molecular flexibility index (Phi) is 6.55. The topological polar surface area (TPSA) is 90.3 Å². The van der Waals surface area contributed by atoms with Crippen molar-refractivity contribution in [2.75, 3.05) is 14.2 Å². The van der Waals surface area contributed by atoms with E-state index < -0.39 is 11.4 Å². The van der Waals surface area contributed by atoms with E-state index in [4.69, 9.17) is 21.7 Å². The van der Waals surface area contributed by atoms with Gasteiger partial charge in [-0.1, -0.05) is 30.3 Å². The van der Waals surface area contributed by atoms with Gasteiger partial charge < -0.3 is 14.6 Å². The number of azo groups is 1. The molecule has 0 aliphatic carbocycles. The number of rotatable bonds is 6. The molecular weight excluding hydrogens is 452 g/mol. The minimum atomic E-state index is -0.615. The van der Waals surface area contributed by atoms with Gasteiger partial charge in [0.15, 0.2) is 4.77 Å². The highest BCUT2D eigenvalue weighted by molar-refractivity contribution is 7.71. The lowest BCUT2D eigenvalue weighted by molar-refractivity contribution is 0.402. The lowest BCUT2D eigenvalue weighted by atomic mass is 10.2. The number of aryl methyl sites for hydroxylation is 1. The van der Waals surface area contributed by atoms with Gasteiger partial charge in [-0.2, -0.15) is 0 Å². The summed E-state index contributed by atoms with van der Waals surface area (Å²) in [5, 5.41) is 19.5.